The number of hydrogen-bond donors (Lipinski definition) is 2. The maximum absolute atomic E-state index is 13.6. The van der Waals surface area contributed by atoms with Gasteiger partial charge in [0.15, 0.2) is 24.3 Å². The van der Waals surface area contributed by atoms with Crippen molar-refractivity contribution < 1.29 is 23.5 Å². The predicted octanol–water partition coefficient (Wildman–Crippen LogP) is 2.45. The van der Waals surface area contributed by atoms with Crippen LogP contribution in [0.15, 0.2) is 46.9 Å². The van der Waals surface area contributed by atoms with Gasteiger partial charge in [-0.05, 0) is 49.4 Å². The molecule has 2 amide bonds. The number of ether oxygens (including phenoxy) is 2. The largest absolute Gasteiger partial charge is 0.481 e. The number of benzene rings is 2. The van der Waals surface area contributed by atoms with Crippen LogP contribution in [0.5, 0.6) is 11.5 Å². The summed E-state index contributed by atoms with van der Waals surface area (Å²) in [6.07, 6.45) is -0.900. The van der Waals surface area contributed by atoms with Crippen LogP contribution < -0.4 is 20.3 Å². The highest BCUT2D eigenvalue weighted by molar-refractivity contribution is 9.10. The van der Waals surface area contributed by atoms with Gasteiger partial charge in [-0.25, -0.2) is 4.39 Å². The number of nitrogens with one attached hydrogen (secondary N) is 2. The van der Waals surface area contributed by atoms with E-state index in [0.717, 1.165) is 0 Å². The van der Waals surface area contributed by atoms with E-state index in [1.807, 2.05) is 6.07 Å². The van der Waals surface area contributed by atoms with E-state index < -0.39 is 30.3 Å². The molecule has 7 nitrogen and oxygen atoms in total. The van der Waals surface area contributed by atoms with Gasteiger partial charge < -0.3 is 9.47 Å². The Labute approximate surface area is 163 Å². The number of hydrazine groups is 1. The van der Waals surface area contributed by atoms with Crippen molar-refractivity contribution in [2.45, 2.75) is 13.0 Å². The van der Waals surface area contributed by atoms with E-state index in [1.165, 1.54) is 19.1 Å². The van der Waals surface area contributed by atoms with Crippen molar-refractivity contribution in [3.8, 4) is 17.6 Å². The summed E-state index contributed by atoms with van der Waals surface area (Å²) >= 11 is 3.11. The van der Waals surface area contributed by atoms with Crippen molar-refractivity contribution in [2.75, 3.05) is 6.61 Å². The van der Waals surface area contributed by atoms with Crippen LogP contribution in [0.1, 0.15) is 12.5 Å². The number of carbonyl (C=O) groups excluding carboxylic acids is 2. The molecule has 27 heavy (non-hydrogen) atoms. The summed E-state index contributed by atoms with van der Waals surface area (Å²) in [5.41, 5.74) is 4.80. The van der Waals surface area contributed by atoms with Crippen molar-refractivity contribution in [2.24, 2.45) is 0 Å². The summed E-state index contributed by atoms with van der Waals surface area (Å²) in [6.45, 7) is 1.01. The average Bonchev–Trinajstić information content (AvgIpc) is 2.66. The summed E-state index contributed by atoms with van der Waals surface area (Å²) in [7, 11) is 0. The zero-order chi connectivity index (χ0) is 19.8. The molecular weight excluding hydrogens is 421 g/mol. The average molecular weight is 436 g/mol. The molecule has 0 saturated carbocycles. The van der Waals surface area contributed by atoms with Crippen LogP contribution in [0.2, 0.25) is 0 Å². The minimum absolute atomic E-state index is 0.0859. The van der Waals surface area contributed by atoms with Crippen LogP contribution in [-0.4, -0.2) is 24.5 Å². The zero-order valence-corrected chi connectivity index (χ0v) is 15.7. The summed E-state index contributed by atoms with van der Waals surface area (Å²) in [5, 5.41) is 8.74. The Kier molecular flexibility index (Phi) is 7.14. The van der Waals surface area contributed by atoms with Gasteiger partial charge in [-0.15, -0.1) is 0 Å². The number of nitrogens with zero attached hydrogens (tertiary/aromatic N) is 1. The predicted molar refractivity (Wildman–Crippen MR) is 97.1 cm³/mol. The fraction of sp³-hybridized carbons (Fsp3) is 0.167. The first-order chi connectivity index (χ1) is 12.9. The molecule has 0 aliphatic carbocycles. The Morgan fingerprint density at radius 3 is 2.56 bits per heavy atom. The van der Waals surface area contributed by atoms with E-state index in [2.05, 4.69) is 26.8 Å². The summed E-state index contributed by atoms with van der Waals surface area (Å²) in [5.74, 6) is -1.57. The van der Waals surface area contributed by atoms with Crippen LogP contribution in [0, 0.1) is 17.1 Å². The van der Waals surface area contributed by atoms with Crippen molar-refractivity contribution in [1.82, 2.24) is 10.9 Å². The van der Waals surface area contributed by atoms with Gasteiger partial charge in [-0.3, -0.25) is 20.4 Å². The highest BCUT2D eigenvalue weighted by Gasteiger charge is 2.16. The Morgan fingerprint density at radius 1 is 1.22 bits per heavy atom. The molecule has 140 valence electrons. The summed E-state index contributed by atoms with van der Waals surface area (Å²) in [4.78, 5) is 23.6. The zero-order valence-electron chi connectivity index (χ0n) is 14.2. The smallest absolute Gasteiger partial charge is 0.279 e. The third-order valence-corrected chi connectivity index (χ3v) is 3.74. The molecule has 0 radical (unpaired) electrons. The Hall–Kier alpha value is -3.12. The molecule has 0 aromatic heterocycles. The van der Waals surface area contributed by atoms with Gasteiger partial charge in [-0.1, -0.05) is 15.9 Å². The van der Waals surface area contributed by atoms with E-state index in [1.54, 1.807) is 30.3 Å². The first kappa shape index (κ1) is 20.2. The maximum Gasteiger partial charge on any atom is 0.279 e. The molecule has 1 atom stereocenters. The number of nitriles is 1. The minimum atomic E-state index is -0.900. The first-order valence-corrected chi connectivity index (χ1v) is 8.51. The van der Waals surface area contributed by atoms with Gasteiger partial charge in [0.05, 0.1) is 11.6 Å². The van der Waals surface area contributed by atoms with E-state index >= 15 is 0 Å². The number of hydrogen-bond acceptors (Lipinski definition) is 5. The molecule has 0 aliphatic rings. The molecule has 0 unspecified atom stereocenters. The van der Waals surface area contributed by atoms with E-state index in [-0.39, 0.29) is 5.75 Å². The van der Waals surface area contributed by atoms with E-state index in [4.69, 9.17) is 14.7 Å². The normalized spacial score (nSPS) is 11.0. The quantitative estimate of drug-likeness (QED) is 0.678. The van der Waals surface area contributed by atoms with Gasteiger partial charge in [0.1, 0.15) is 5.75 Å². The molecule has 0 heterocycles. The second-order valence-corrected chi connectivity index (χ2v) is 6.21. The second-order valence-electron chi connectivity index (χ2n) is 5.30. The maximum atomic E-state index is 13.6. The molecule has 2 aromatic rings. The van der Waals surface area contributed by atoms with Crippen LogP contribution >= 0.6 is 15.9 Å². The Balaban J connectivity index is 1.76. The second kappa shape index (κ2) is 9.54. The Morgan fingerprint density at radius 2 is 1.93 bits per heavy atom. The molecule has 0 aliphatic heterocycles. The van der Waals surface area contributed by atoms with Crippen molar-refractivity contribution in [1.29, 1.82) is 5.26 Å². The standard InChI is InChI=1S/C18H15BrFN3O4/c1-11(27-14-5-2-12(9-21)3-6-14)18(25)23-22-17(24)10-26-16-7-4-13(19)8-15(16)20/h2-8,11H,10H2,1H3,(H,22,24)(H,23,25)/t11-/m0/s1. The minimum Gasteiger partial charge on any atom is -0.481 e. The van der Waals surface area contributed by atoms with Crippen LogP contribution in [0.4, 0.5) is 4.39 Å². The lowest BCUT2D eigenvalue weighted by molar-refractivity contribution is -0.133. The number of carbonyl (C=O) groups is 2. The molecule has 2 N–H and O–H groups in total. The molecule has 2 rings (SSSR count). The number of halogens is 2. The van der Waals surface area contributed by atoms with Gasteiger partial charge in [0, 0.05) is 4.47 Å². The fourth-order valence-corrected chi connectivity index (χ4v) is 2.20. The van der Waals surface area contributed by atoms with Crippen molar-refractivity contribution in [3.05, 3.63) is 58.3 Å². The molecule has 0 saturated heterocycles. The third kappa shape index (κ3) is 6.27. The number of rotatable bonds is 6. The van der Waals surface area contributed by atoms with Crippen LogP contribution in [0.3, 0.4) is 0 Å². The van der Waals surface area contributed by atoms with Crippen molar-refractivity contribution >= 4 is 27.7 Å². The van der Waals surface area contributed by atoms with E-state index in [0.29, 0.717) is 15.8 Å². The molecular formula is C18H15BrFN3O4. The lowest BCUT2D eigenvalue weighted by Crippen LogP contribution is -2.48. The third-order valence-electron chi connectivity index (χ3n) is 3.24. The van der Waals surface area contributed by atoms with E-state index in [9.17, 15) is 14.0 Å². The molecule has 0 fully saturated rings. The van der Waals surface area contributed by atoms with Gasteiger partial charge >= 0.3 is 0 Å². The Bertz CT molecular complexity index is 868. The summed E-state index contributed by atoms with van der Waals surface area (Å²) < 4.78 is 24.6. The molecule has 0 spiro atoms. The monoisotopic (exact) mass is 435 g/mol. The number of amides is 2. The first-order valence-electron chi connectivity index (χ1n) is 7.72. The SMILES string of the molecule is C[C@H](Oc1ccc(C#N)cc1)C(=O)NNC(=O)COc1ccc(Br)cc1F. The molecule has 0 bridgehead atoms. The van der Waals surface area contributed by atoms with Gasteiger partial charge in [-0.2, -0.15) is 5.26 Å². The van der Waals surface area contributed by atoms with Gasteiger partial charge in [0.25, 0.3) is 11.8 Å². The lowest BCUT2D eigenvalue weighted by Gasteiger charge is -2.15. The molecule has 2 aromatic carbocycles. The molecule has 9 heteroatoms. The van der Waals surface area contributed by atoms with Gasteiger partial charge in [0.2, 0.25) is 0 Å². The van der Waals surface area contributed by atoms with Crippen LogP contribution in [0.25, 0.3) is 0 Å². The lowest BCUT2D eigenvalue weighted by atomic mass is 10.2. The van der Waals surface area contributed by atoms with Crippen molar-refractivity contribution in [3.63, 3.8) is 0 Å². The van der Waals surface area contributed by atoms with Crippen LogP contribution in [-0.2, 0) is 9.59 Å². The highest BCUT2D eigenvalue weighted by atomic mass is 79.9. The highest BCUT2D eigenvalue weighted by Crippen LogP contribution is 2.21. The summed E-state index contributed by atoms with van der Waals surface area (Å²) in [6, 6.07) is 12.3. The fourth-order valence-electron chi connectivity index (χ4n) is 1.87. The topological polar surface area (TPSA) is 100 Å².